The fourth-order valence-corrected chi connectivity index (χ4v) is 3.35. The Kier molecular flexibility index (Phi) is 23.8. The van der Waals surface area contributed by atoms with Crippen LogP contribution in [0.1, 0.15) is 44.4 Å². The number of pyridine rings is 4. The number of allylic oxidation sites excluding steroid dienone is 1. The van der Waals surface area contributed by atoms with Crippen LogP contribution in [-0.2, 0) is 0 Å². The lowest BCUT2D eigenvalue weighted by Gasteiger charge is -1.99. The minimum absolute atomic E-state index is 0.0880. The van der Waals surface area contributed by atoms with E-state index in [-0.39, 0.29) is 6.03 Å². The molecule has 0 aliphatic heterocycles. The predicted octanol–water partition coefficient (Wildman–Crippen LogP) is 8.15. The standard InChI is InChI=1S/C13H12N2O.C8H9N.C7H9NO.C6H7N.C5H12N2O/c1-16-13-4-2-12(3-5-13)15-10-11-6-8-14-9-7-11;1-2-3-8-4-6-9-7-5-8;1-2-9-7-3-5-8-6-4-7;1-6-2-4-7-5-3-6;1-3-6-5(8)7-4-2/h2-10H,1H3;2-7H,1H3;3-6H,2H2,1H3;2-5H,1H3;3-4H2,1-2H3,(H2,6,7,8). The Bertz CT molecular complexity index is 1530. The summed E-state index contributed by atoms with van der Waals surface area (Å²) in [4.78, 5) is 30.3. The number of rotatable bonds is 8. The van der Waals surface area contributed by atoms with Crippen LogP contribution in [0.15, 0.2) is 133 Å². The number of urea groups is 1. The van der Waals surface area contributed by atoms with Crippen LogP contribution in [0.4, 0.5) is 10.5 Å². The summed E-state index contributed by atoms with van der Waals surface area (Å²) in [5.74, 6) is 1.72. The van der Waals surface area contributed by atoms with Gasteiger partial charge in [0.05, 0.1) is 19.4 Å². The minimum atomic E-state index is -0.0880. The number of aromatic nitrogens is 4. The number of amides is 2. The van der Waals surface area contributed by atoms with Crippen LogP contribution < -0.4 is 20.1 Å². The summed E-state index contributed by atoms with van der Waals surface area (Å²) >= 11 is 0. The molecule has 10 heteroatoms. The van der Waals surface area contributed by atoms with Crippen molar-refractivity contribution < 1.29 is 14.3 Å². The zero-order valence-corrected chi connectivity index (χ0v) is 29.4. The van der Waals surface area contributed by atoms with Crippen molar-refractivity contribution in [3.63, 3.8) is 0 Å². The highest BCUT2D eigenvalue weighted by molar-refractivity contribution is 5.81. The van der Waals surface area contributed by atoms with E-state index in [1.54, 1.807) is 56.7 Å². The molecule has 5 rings (SSSR count). The number of hydrogen-bond acceptors (Lipinski definition) is 8. The van der Waals surface area contributed by atoms with Crippen LogP contribution in [0.3, 0.4) is 0 Å². The Morgan fingerprint density at radius 2 is 1.14 bits per heavy atom. The SMILES string of the molecule is CC=Cc1ccncc1.CCNC(=O)NCC.CCOc1ccncc1.COc1ccc(N=Cc2ccncc2)cc1.Cc1ccncc1. The van der Waals surface area contributed by atoms with Crippen molar-refractivity contribution in [3.8, 4) is 11.5 Å². The topological polar surface area (TPSA) is 124 Å². The lowest BCUT2D eigenvalue weighted by Crippen LogP contribution is -2.34. The Balaban J connectivity index is 0.000000319. The van der Waals surface area contributed by atoms with E-state index in [4.69, 9.17) is 9.47 Å². The molecule has 5 aromatic rings. The van der Waals surface area contributed by atoms with Crippen molar-refractivity contribution >= 4 is 24.0 Å². The normalized spacial score (nSPS) is 9.59. The molecule has 0 spiro atoms. The molecule has 0 fully saturated rings. The van der Waals surface area contributed by atoms with Crippen LogP contribution in [0, 0.1) is 6.92 Å². The molecule has 4 aromatic heterocycles. The molecule has 258 valence electrons. The molecule has 49 heavy (non-hydrogen) atoms. The summed E-state index contributed by atoms with van der Waals surface area (Å²) in [5.41, 5.74) is 4.39. The van der Waals surface area contributed by atoms with Crippen molar-refractivity contribution in [2.24, 2.45) is 4.99 Å². The molecule has 10 nitrogen and oxygen atoms in total. The number of methoxy groups -OCH3 is 1. The fraction of sp³-hybridized carbons (Fsp3) is 0.231. The molecular weight excluding hydrogens is 614 g/mol. The lowest BCUT2D eigenvalue weighted by atomic mass is 10.2. The maximum Gasteiger partial charge on any atom is 0.314 e. The number of carbonyl (C=O) groups is 1. The Morgan fingerprint density at radius 1 is 0.673 bits per heavy atom. The van der Waals surface area contributed by atoms with E-state index in [2.05, 4.69) is 35.6 Å². The average molecular weight is 664 g/mol. The van der Waals surface area contributed by atoms with Gasteiger partial charge in [-0.1, -0.05) is 12.2 Å². The van der Waals surface area contributed by atoms with Gasteiger partial charge in [0.25, 0.3) is 0 Å². The number of aryl methyl sites for hydroxylation is 1. The summed E-state index contributed by atoms with van der Waals surface area (Å²) in [6.07, 6.45) is 19.9. The van der Waals surface area contributed by atoms with Crippen LogP contribution >= 0.6 is 0 Å². The second-order valence-corrected chi connectivity index (χ2v) is 9.55. The monoisotopic (exact) mass is 663 g/mol. The van der Waals surface area contributed by atoms with E-state index in [0.717, 1.165) is 22.7 Å². The van der Waals surface area contributed by atoms with Crippen molar-refractivity contribution in [2.75, 3.05) is 26.8 Å². The lowest BCUT2D eigenvalue weighted by molar-refractivity contribution is 0.242. The van der Waals surface area contributed by atoms with Gasteiger partial charge in [-0.2, -0.15) is 0 Å². The quantitative estimate of drug-likeness (QED) is 0.161. The molecule has 0 saturated heterocycles. The number of benzene rings is 1. The van der Waals surface area contributed by atoms with Gasteiger partial charge < -0.3 is 20.1 Å². The van der Waals surface area contributed by atoms with E-state index < -0.39 is 0 Å². The molecule has 0 unspecified atom stereocenters. The predicted molar refractivity (Wildman–Crippen MR) is 201 cm³/mol. The van der Waals surface area contributed by atoms with Gasteiger partial charge in [0.1, 0.15) is 11.5 Å². The van der Waals surface area contributed by atoms with Crippen LogP contribution in [0.2, 0.25) is 0 Å². The molecule has 2 amide bonds. The Labute approximate surface area is 291 Å². The molecule has 2 N–H and O–H groups in total. The van der Waals surface area contributed by atoms with Gasteiger partial charge in [-0.3, -0.25) is 24.9 Å². The molecule has 0 atom stereocenters. The molecule has 1 aromatic carbocycles. The number of carbonyl (C=O) groups excluding carboxylic acids is 1. The highest BCUT2D eigenvalue weighted by Crippen LogP contribution is 2.17. The maximum absolute atomic E-state index is 10.4. The van der Waals surface area contributed by atoms with Crippen LogP contribution in [0.25, 0.3) is 6.08 Å². The molecule has 4 heterocycles. The number of nitrogens with zero attached hydrogens (tertiary/aromatic N) is 5. The van der Waals surface area contributed by atoms with E-state index in [0.29, 0.717) is 19.7 Å². The molecule has 0 aliphatic rings. The summed E-state index contributed by atoms with van der Waals surface area (Å²) in [6, 6.07) is 22.9. The second kappa shape index (κ2) is 28.3. The van der Waals surface area contributed by atoms with Crippen LogP contribution in [-0.4, -0.2) is 59.0 Å². The summed E-state index contributed by atoms with van der Waals surface area (Å²) in [5, 5.41) is 5.19. The van der Waals surface area contributed by atoms with Crippen molar-refractivity contribution in [3.05, 3.63) is 145 Å². The Morgan fingerprint density at radius 3 is 1.55 bits per heavy atom. The number of nitrogens with one attached hydrogen (secondary N) is 2. The average Bonchev–Trinajstić information content (AvgIpc) is 3.14. The van der Waals surface area contributed by atoms with Crippen molar-refractivity contribution in [2.45, 2.75) is 34.6 Å². The second-order valence-electron chi connectivity index (χ2n) is 9.55. The summed E-state index contributed by atoms with van der Waals surface area (Å²) in [7, 11) is 1.65. The van der Waals surface area contributed by atoms with Gasteiger partial charge in [0.2, 0.25) is 0 Å². The smallest absolute Gasteiger partial charge is 0.314 e. The van der Waals surface area contributed by atoms with Gasteiger partial charge in [0.15, 0.2) is 0 Å². The fourth-order valence-electron chi connectivity index (χ4n) is 3.35. The molecule has 0 radical (unpaired) electrons. The van der Waals surface area contributed by atoms with Crippen molar-refractivity contribution in [1.82, 2.24) is 30.6 Å². The first-order valence-electron chi connectivity index (χ1n) is 16.0. The first-order chi connectivity index (χ1) is 23.9. The third-order valence-electron chi connectivity index (χ3n) is 5.69. The van der Waals surface area contributed by atoms with Gasteiger partial charge in [-0.15, -0.1) is 0 Å². The largest absolute Gasteiger partial charge is 0.497 e. The van der Waals surface area contributed by atoms with Gasteiger partial charge >= 0.3 is 6.03 Å². The van der Waals surface area contributed by atoms with E-state index in [9.17, 15) is 4.79 Å². The highest BCUT2D eigenvalue weighted by atomic mass is 16.5. The summed E-state index contributed by atoms with van der Waals surface area (Å²) < 4.78 is 10.2. The van der Waals surface area contributed by atoms with Crippen molar-refractivity contribution in [1.29, 1.82) is 0 Å². The van der Waals surface area contributed by atoms with E-state index >= 15 is 0 Å². The third kappa shape index (κ3) is 22.3. The molecule has 0 aliphatic carbocycles. The number of aliphatic imine (C=N–C) groups is 1. The molecule has 0 saturated carbocycles. The van der Waals surface area contributed by atoms with E-state index in [1.165, 1.54) is 11.1 Å². The Hall–Kier alpha value is -5.90. The third-order valence-corrected chi connectivity index (χ3v) is 5.69. The summed E-state index contributed by atoms with van der Waals surface area (Å²) in [6.45, 7) is 11.9. The first-order valence-corrected chi connectivity index (χ1v) is 16.0. The minimum Gasteiger partial charge on any atom is -0.497 e. The van der Waals surface area contributed by atoms with Crippen LogP contribution in [0.5, 0.6) is 11.5 Å². The number of ether oxygens (including phenoxy) is 2. The molecule has 0 bridgehead atoms. The maximum atomic E-state index is 10.4. The molecular formula is C39H49N7O3. The zero-order chi connectivity index (χ0) is 35.8. The van der Waals surface area contributed by atoms with Gasteiger partial charge in [0, 0.05) is 68.9 Å². The first kappa shape index (κ1) is 41.1. The van der Waals surface area contributed by atoms with Gasteiger partial charge in [-0.05, 0) is 124 Å². The number of hydrogen-bond donors (Lipinski definition) is 2. The highest BCUT2D eigenvalue weighted by Gasteiger charge is 1.92. The van der Waals surface area contributed by atoms with E-state index in [1.807, 2.05) is 126 Å². The zero-order valence-electron chi connectivity index (χ0n) is 29.4. The van der Waals surface area contributed by atoms with Gasteiger partial charge in [-0.25, -0.2) is 4.79 Å².